The Bertz CT molecular complexity index is 536. The molecule has 0 aliphatic heterocycles. The Morgan fingerprint density at radius 2 is 1.89 bits per heavy atom. The molecule has 0 radical (unpaired) electrons. The van der Waals surface area contributed by atoms with Gasteiger partial charge in [-0.15, -0.1) is 0 Å². The predicted molar refractivity (Wildman–Crippen MR) is 75.4 cm³/mol. The Hall–Kier alpha value is -1.40. The third-order valence-electron chi connectivity index (χ3n) is 2.69. The highest BCUT2D eigenvalue weighted by Crippen LogP contribution is 2.04. The van der Waals surface area contributed by atoms with Gasteiger partial charge in [-0.2, -0.15) is 4.31 Å². The number of aryl methyl sites for hydroxylation is 1. The van der Waals surface area contributed by atoms with Crippen molar-refractivity contribution < 1.29 is 18.4 Å². The zero-order valence-electron chi connectivity index (χ0n) is 11.8. The molecule has 5 nitrogen and oxygen atoms in total. The Morgan fingerprint density at radius 3 is 2.37 bits per heavy atom. The molecule has 0 spiro atoms. The number of benzene rings is 1. The summed E-state index contributed by atoms with van der Waals surface area (Å²) in [7, 11) is -1.68. The van der Waals surface area contributed by atoms with Crippen molar-refractivity contribution in [1.29, 1.82) is 0 Å². The molecule has 0 aliphatic rings. The van der Waals surface area contributed by atoms with Crippen LogP contribution in [0, 0.1) is 6.92 Å². The van der Waals surface area contributed by atoms with Gasteiger partial charge in [-0.05, 0) is 31.1 Å². The smallest absolute Gasteiger partial charge is 0.247 e. The molecule has 1 rings (SSSR count). The molecule has 6 heteroatoms. The zero-order chi connectivity index (χ0) is 14.5. The zero-order valence-corrected chi connectivity index (χ0v) is 12.6. The third-order valence-corrected chi connectivity index (χ3v) is 3.95. The molecule has 0 amide bonds. The lowest BCUT2D eigenvalue weighted by Gasteiger charge is -2.12. The minimum atomic E-state index is -3.22. The fraction of sp³-hybridized carbons (Fsp3) is 0.462. The molecule has 0 atom stereocenters. The van der Waals surface area contributed by atoms with E-state index in [1.54, 1.807) is 0 Å². The number of hydrogen-bond donors (Lipinski definition) is 1. The summed E-state index contributed by atoms with van der Waals surface area (Å²) in [6.07, 6.45) is 1.18. The molecule has 0 saturated heterocycles. The van der Waals surface area contributed by atoms with E-state index in [9.17, 15) is 8.42 Å². The number of nitrogens with one attached hydrogen (secondary N) is 1. The number of rotatable bonds is 6. The molecule has 0 bridgehead atoms. The SMILES string of the molecule is CCO/[NH+]=C(/CN(C)S(C)(=O)=O)c1ccc(C)cc1. The molecule has 0 heterocycles. The van der Waals surface area contributed by atoms with E-state index in [1.807, 2.05) is 38.1 Å². The molecule has 1 N–H and O–H groups in total. The van der Waals surface area contributed by atoms with Gasteiger partial charge in [0.05, 0.1) is 6.26 Å². The van der Waals surface area contributed by atoms with Gasteiger partial charge in [-0.1, -0.05) is 17.7 Å². The lowest BCUT2D eigenvalue weighted by molar-refractivity contribution is -0.752. The Labute approximate surface area is 114 Å². The summed E-state index contributed by atoms with van der Waals surface area (Å²) in [5.74, 6) is 0. The van der Waals surface area contributed by atoms with E-state index in [2.05, 4.69) is 5.16 Å². The summed E-state index contributed by atoms with van der Waals surface area (Å²) in [6.45, 7) is 4.60. The van der Waals surface area contributed by atoms with E-state index in [0.29, 0.717) is 6.61 Å². The molecule has 106 valence electrons. The van der Waals surface area contributed by atoms with Gasteiger partial charge in [0.1, 0.15) is 6.54 Å². The van der Waals surface area contributed by atoms with Gasteiger partial charge in [0, 0.05) is 12.6 Å². The maximum absolute atomic E-state index is 11.5. The Morgan fingerprint density at radius 1 is 1.32 bits per heavy atom. The number of sulfonamides is 1. The second kappa shape index (κ2) is 6.68. The van der Waals surface area contributed by atoms with Crippen LogP contribution in [-0.2, 0) is 14.9 Å². The molecule has 0 saturated carbocycles. The van der Waals surface area contributed by atoms with Crippen molar-refractivity contribution in [2.24, 2.45) is 0 Å². The highest BCUT2D eigenvalue weighted by Gasteiger charge is 2.19. The standard InChI is InChI=1S/C13H20N2O3S/c1-5-18-14-13(10-15(3)19(4,16)17)12-8-6-11(2)7-9-12/h6-9H,5,10H2,1-4H3/p+1/b14-13-. The van der Waals surface area contributed by atoms with Crippen LogP contribution in [0.2, 0.25) is 0 Å². The van der Waals surface area contributed by atoms with Crippen LogP contribution in [0.3, 0.4) is 0 Å². The molecule has 1 aromatic carbocycles. The largest absolute Gasteiger partial charge is 0.279 e. The quantitative estimate of drug-likeness (QED) is 0.577. The first-order chi connectivity index (χ1) is 8.84. The van der Waals surface area contributed by atoms with Crippen molar-refractivity contribution in [2.45, 2.75) is 13.8 Å². The molecular weight excluding hydrogens is 264 g/mol. The van der Waals surface area contributed by atoms with Crippen molar-refractivity contribution in [3.05, 3.63) is 35.4 Å². The topological polar surface area (TPSA) is 60.6 Å². The monoisotopic (exact) mass is 285 g/mol. The summed E-state index contributed by atoms with van der Waals surface area (Å²) in [5.41, 5.74) is 2.78. The van der Waals surface area contributed by atoms with Crippen LogP contribution in [0.1, 0.15) is 18.1 Å². The Kier molecular flexibility index (Phi) is 5.50. The van der Waals surface area contributed by atoms with E-state index in [1.165, 1.54) is 17.6 Å². The van der Waals surface area contributed by atoms with Crippen LogP contribution in [0.25, 0.3) is 0 Å². The normalized spacial score (nSPS) is 12.8. The first-order valence-electron chi connectivity index (χ1n) is 6.06. The molecule has 0 unspecified atom stereocenters. The van der Waals surface area contributed by atoms with E-state index in [4.69, 9.17) is 4.84 Å². The molecular formula is C13H21N2O3S+. The van der Waals surface area contributed by atoms with Gasteiger partial charge >= 0.3 is 0 Å². The molecule has 0 fully saturated rings. The lowest BCUT2D eigenvalue weighted by atomic mass is 10.1. The Balaban J connectivity index is 2.99. The van der Waals surface area contributed by atoms with E-state index in [0.717, 1.165) is 16.8 Å². The average molecular weight is 285 g/mol. The fourth-order valence-corrected chi connectivity index (χ4v) is 1.80. The van der Waals surface area contributed by atoms with Crippen LogP contribution < -0.4 is 5.16 Å². The maximum Gasteiger partial charge on any atom is 0.247 e. The van der Waals surface area contributed by atoms with Gasteiger partial charge in [0.15, 0.2) is 6.61 Å². The number of hydrogen-bond acceptors (Lipinski definition) is 3. The molecule has 19 heavy (non-hydrogen) atoms. The first kappa shape index (κ1) is 15.7. The van der Waals surface area contributed by atoms with E-state index >= 15 is 0 Å². The van der Waals surface area contributed by atoms with Crippen molar-refractivity contribution in [1.82, 2.24) is 4.31 Å². The van der Waals surface area contributed by atoms with E-state index in [-0.39, 0.29) is 6.54 Å². The van der Waals surface area contributed by atoms with Crippen molar-refractivity contribution in [2.75, 3.05) is 26.5 Å². The second-order valence-corrected chi connectivity index (χ2v) is 6.49. The predicted octanol–water partition coefficient (Wildman–Crippen LogP) is -0.292. The third kappa shape index (κ3) is 5.00. The first-order valence-corrected chi connectivity index (χ1v) is 7.91. The van der Waals surface area contributed by atoms with Crippen LogP contribution in [-0.4, -0.2) is 44.9 Å². The van der Waals surface area contributed by atoms with Crippen LogP contribution in [0.15, 0.2) is 24.3 Å². The highest BCUT2D eigenvalue weighted by molar-refractivity contribution is 7.88. The van der Waals surface area contributed by atoms with E-state index < -0.39 is 10.0 Å². The van der Waals surface area contributed by atoms with Gasteiger partial charge in [-0.25, -0.2) is 8.42 Å². The minimum absolute atomic E-state index is 0.238. The van der Waals surface area contributed by atoms with Crippen LogP contribution in [0.4, 0.5) is 0 Å². The average Bonchev–Trinajstić information content (AvgIpc) is 2.34. The van der Waals surface area contributed by atoms with Gasteiger partial charge in [0.25, 0.3) is 0 Å². The molecule has 1 aromatic rings. The maximum atomic E-state index is 11.5. The summed E-state index contributed by atoms with van der Waals surface area (Å²) >= 11 is 0. The summed E-state index contributed by atoms with van der Waals surface area (Å²) < 4.78 is 24.2. The van der Waals surface area contributed by atoms with Crippen molar-refractivity contribution in [3.63, 3.8) is 0 Å². The van der Waals surface area contributed by atoms with Crippen molar-refractivity contribution >= 4 is 15.7 Å². The molecule has 0 aromatic heterocycles. The highest BCUT2D eigenvalue weighted by atomic mass is 32.2. The number of likely N-dealkylation sites (N-methyl/N-ethyl adjacent to an activating group) is 1. The van der Waals surface area contributed by atoms with Crippen LogP contribution >= 0.6 is 0 Å². The van der Waals surface area contributed by atoms with Gasteiger partial charge in [-0.3, -0.25) is 4.84 Å². The summed E-state index contributed by atoms with van der Waals surface area (Å²) in [4.78, 5) is 5.19. The summed E-state index contributed by atoms with van der Waals surface area (Å²) in [6, 6.07) is 7.83. The minimum Gasteiger partial charge on any atom is -0.279 e. The van der Waals surface area contributed by atoms with Crippen LogP contribution in [0.5, 0.6) is 0 Å². The number of nitrogens with zero attached hydrogens (tertiary/aromatic N) is 1. The van der Waals surface area contributed by atoms with Crippen molar-refractivity contribution in [3.8, 4) is 0 Å². The van der Waals surface area contributed by atoms with Gasteiger partial charge < -0.3 is 0 Å². The summed E-state index contributed by atoms with van der Waals surface area (Å²) in [5, 5.41) is 2.82. The lowest BCUT2D eigenvalue weighted by Crippen LogP contribution is -2.74. The van der Waals surface area contributed by atoms with Gasteiger partial charge in [0.2, 0.25) is 15.7 Å². The molecule has 0 aliphatic carbocycles. The second-order valence-electron chi connectivity index (χ2n) is 4.40. The fourth-order valence-electron chi connectivity index (χ4n) is 1.44.